The molecule has 0 saturated heterocycles. The van der Waals surface area contributed by atoms with Crippen molar-refractivity contribution in [3.8, 4) is 11.5 Å². The van der Waals surface area contributed by atoms with Gasteiger partial charge in [0.2, 0.25) is 0 Å². The lowest BCUT2D eigenvalue weighted by molar-refractivity contribution is 0.102. The number of ether oxygens (including phenoxy) is 2. The monoisotopic (exact) mass is 461 g/mol. The zero-order valence-corrected chi connectivity index (χ0v) is 19.4. The Bertz CT molecular complexity index is 1240. The number of hydrogen-bond donors (Lipinski definition) is 2. The Balaban J connectivity index is 1.81. The average molecular weight is 462 g/mol. The molecule has 0 fully saturated rings. The second-order valence-corrected chi connectivity index (χ2v) is 9.48. The first-order valence-electron chi connectivity index (χ1n) is 9.25. The molecular formula is C21H23N3O5S2. The maximum atomic E-state index is 12.8. The number of sulfonamides is 1. The molecule has 0 radical (unpaired) electrons. The molecule has 0 spiro atoms. The minimum Gasteiger partial charge on any atom is -0.493 e. The van der Waals surface area contributed by atoms with Crippen molar-refractivity contribution in [1.29, 1.82) is 0 Å². The van der Waals surface area contributed by atoms with E-state index < -0.39 is 15.9 Å². The van der Waals surface area contributed by atoms with Crippen LogP contribution in [0.4, 0.5) is 10.8 Å². The molecule has 0 aliphatic heterocycles. The highest BCUT2D eigenvalue weighted by Crippen LogP contribution is 2.31. The molecule has 2 aromatic carbocycles. The summed E-state index contributed by atoms with van der Waals surface area (Å²) < 4.78 is 38.5. The lowest BCUT2D eigenvalue weighted by atomic mass is 10.2. The number of carbonyl (C=O) groups is 1. The molecule has 0 unspecified atom stereocenters. The Morgan fingerprint density at radius 1 is 1.00 bits per heavy atom. The van der Waals surface area contributed by atoms with Gasteiger partial charge in [0.1, 0.15) is 4.88 Å². The van der Waals surface area contributed by atoms with Gasteiger partial charge >= 0.3 is 0 Å². The van der Waals surface area contributed by atoms with E-state index in [0.717, 1.165) is 16.9 Å². The summed E-state index contributed by atoms with van der Waals surface area (Å²) >= 11 is 0.966. The number of nitrogens with zero attached hydrogens (tertiary/aromatic N) is 1. The Morgan fingerprint density at radius 3 is 2.35 bits per heavy atom. The Labute approximate surface area is 185 Å². The van der Waals surface area contributed by atoms with Gasteiger partial charge in [-0.3, -0.25) is 9.52 Å². The fourth-order valence-corrected chi connectivity index (χ4v) is 5.35. The van der Waals surface area contributed by atoms with Gasteiger partial charge in [-0.2, -0.15) is 0 Å². The molecule has 3 rings (SSSR count). The third kappa shape index (κ3) is 4.97. The van der Waals surface area contributed by atoms with E-state index >= 15 is 0 Å². The number of aromatic nitrogens is 1. The normalized spacial score (nSPS) is 11.1. The summed E-state index contributed by atoms with van der Waals surface area (Å²) in [7, 11) is -0.800. The van der Waals surface area contributed by atoms with Gasteiger partial charge in [0.15, 0.2) is 16.6 Å². The van der Waals surface area contributed by atoms with E-state index in [1.165, 1.54) is 14.2 Å². The fraction of sp³-hybridized carbons (Fsp3) is 0.238. The minimum absolute atomic E-state index is 0.120. The zero-order chi connectivity index (χ0) is 22.8. The van der Waals surface area contributed by atoms with Crippen LogP contribution in [-0.2, 0) is 10.0 Å². The second-order valence-electron chi connectivity index (χ2n) is 6.83. The minimum atomic E-state index is -3.83. The molecule has 164 valence electrons. The summed E-state index contributed by atoms with van der Waals surface area (Å²) in [6, 6.07) is 10.1. The molecule has 8 nitrogen and oxygen atoms in total. The molecule has 2 N–H and O–H groups in total. The molecule has 0 atom stereocenters. The molecule has 1 amide bonds. The number of carbonyl (C=O) groups excluding carboxylic acids is 1. The SMILES string of the molecule is COc1ccc(NC(=O)c2sc(NS(=O)(=O)c3ccc(C)cc3C)nc2C)cc1OC. The maximum Gasteiger partial charge on any atom is 0.267 e. The summed E-state index contributed by atoms with van der Waals surface area (Å²) in [4.78, 5) is 17.4. The standard InChI is InChI=1S/C21H23N3O5S2/c1-12-6-9-18(13(2)10-12)31(26,27)24-21-22-14(3)19(30-21)20(25)23-15-7-8-16(28-4)17(11-15)29-5/h6-11H,1-5H3,(H,22,24)(H,23,25). The molecule has 0 bridgehead atoms. The number of amides is 1. The van der Waals surface area contributed by atoms with Crippen LogP contribution in [0, 0.1) is 20.8 Å². The lowest BCUT2D eigenvalue weighted by Gasteiger charge is -2.10. The van der Waals surface area contributed by atoms with Crippen LogP contribution in [0.5, 0.6) is 11.5 Å². The summed E-state index contributed by atoms with van der Waals surface area (Å²) in [5.41, 5.74) is 2.53. The smallest absolute Gasteiger partial charge is 0.267 e. The van der Waals surface area contributed by atoms with Crippen molar-refractivity contribution in [2.45, 2.75) is 25.7 Å². The summed E-state index contributed by atoms with van der Waals surface area (Å²) in [5, 5.41) is 2.89. The molecule has 0 saturated carbocycles. The van der Waals surface area contributed by atoms with Crippen molar-refractivity contribution in [1.82, 2.24) is 4.98 Å². The molecular weight excluding hydrogens is 438 g/mol. The van der Waals surface area contributed by atoms with Crippen molar-refractivity contribution in [3.05, 3.63) is 58.1 Å². The number of anilines is 2. The van der Waals surface area contributed by atoms with Crippen LogP contribution in [0.2, 0.25) is 0 Å². The zero-order valence-electron chi connectivity index (χ0n) is 17.8. The predicted octanol–water partition coefficient (Wildman–Crippen LogP) is 4.14. The van der Waals surface area contributed by atoms with Gasteiger partial charge in [-0.25, -0.2) is 13.4 Å². The number of methoxy groups -OCH3 is 2. The fourth-order valence-electron chi connectivity index (χ4n) is 3.02. The van der Waals surface area contributed by atoms with Crippen molar-refractivity contribution in [2.75, 3.05) is 24.3 Å². The predicted molar refractivity (Wildman–Crippen MR) is 121 cm³/mol. The third-order valence-corrected chi connectivity index (χ3v) is 7.19. The van der Waals surface area contributed by atoms with E-state index in [-0.39, 0.29) is 10.0 Å². The first-order valence-corrected chi connectivity index (χ1v) is 11.6. The van der Waals surface area contributed by atoms with E-state index in [1.54, 1.807) is 50.2 Å². The molecule has 31 heavy (non-hydrogen) atoms. The van der Waals surface area contributed by atoms with Crippen LogP contribution < -0.4 is 19.5 Å². The van der Waals surface area contributed by atoms with E-state index in [1.807, 2.05) is 6.92 Å². The summed E-state index contributed by atoms with van der Waals surface area (Å²) in [6.07, 6.45) is 0. The number of aryl methyl sites for hydroxylation is 3. The summed E-state index contributed by atoms with van der Waals surface area (Å²) in [5.74, 6) is 0.611. The highest BCUT2D eigenvalue weighted by molar-refractivity contribution is 7.93. The number of rotatable bonds is 7. The molecule has 1 aromatic heterocycles. The van der Waals surface area contributed by atoms with Gasteiger partial charge < -0.3 is 14.8 Å². The number of benzene rings is 2. The van der Waals surface area contributed by atoms with E-state index in [0.29, 0.717) is 33.3 Å². The third-order valence-electron chi connectivity index (χ3n) is 4.49. The van der Waals surface area contributed by atoms with Gasteiger partial charge in [-0.05, 0) is 44.5 Å². The largest absolute Gasteiger partial charge is 0.493 e. The van der Waals surface area contributed by atoms with Crippen LogP contribution in [-0.4, -0.2) is 33.5 Å². The van der Waals surface area contributed by atoms with Gasteiger partial charge in [0, 0.05) is 11.8 Å². The Kier molecular flexibility index (Phi) is 6.51. The highest BCUT2D eigenvalue weighted by Gasteiger charge is 2.22. The topological polar surface area (TPSA) is 107 Å². The molecule has 0 aliphatic carbocycles. The maximum absolute atomic E-state index is 12.8. The lowest BCUT2D eigenvalue weighted by Crippen LogP contribution is -2.14. The second kappa shape index (κ2) is 8.94. The van der Waals surface area contributed by atoms with Crippen molar-refractivity contribution >= 4 is 38.1 Å². The van der Waals surface area contributed by atoms with Gasteiger partial charge in [0.25, 0.3) is 15.9 Å². The van der Waals surface area contributed by atoms with Crippen molar-refractivity contribution in [2.24, 2.45) is 0 Å². The van der Waals surface area contributed by atoms with Crippen molar-refractivity contribution < 1.29 is 22.7 Å². The van der Waals surface area contributed by atoms with Crippen LogP contribution in [0.15, 0.2) is 41.3 Å². The first kappa shape index (κ1) is 22.6. The summed E-state index contributed by atoms with van der Waals surface area (Å²) in [6.45, 7) is 5.27. The Morgan fingerprint density at radius 2 is 1.71 bits per heavy atom. The molecule has 1 heterocycles. The van der Waals surface area contributed by atoms with Gasteiger partial charge in [0.05, 0.1) is 24.8 Å². The van der Waals surface area contributed by atoms with Crippen LogP contribution in [0.3, 0.4) is 0 Å². The molecule has 0 aliphatic rings. The Hall–Kier alpha value is -3.11. The first-order chi connectivity index (χ1) is 14.6. The van der Waals surface area contributed by atoms with E-state index in [4.69, 9.17) is 9.47 Å². The number of hydrogen-bond acceptors (Lipinski definition) is 7. The molecule has 10 heteroatoms. The number of thiazole rings is 1. The highest BCUT2D eigenvalue weighted by atomic mass is 32.2. The van der Waals surface area contributed by atoms with Crippen molar-refractivity contribution in [3.63, 3.8) is 0 Å². The van der Waals surface area contributed by atoms with Gasteiger partial charge in [-0.1, -0.05) is 29.0 Å². The van der Waals surface area contributed by atoms with Gasteiger partial charge in [-0.15, -0.1) is 0 Å². The van der Waals surface area contributed by atoms with E-state index in [2.05, 4.69) is 15.0 Å². The molecule has 3 aromatic rings. The quantitative estimate of drug-likeness (QED) is 0.548. The van der Waals surface area contributed by atoms with E-state index in [9.17, 15) is 13.2 Å². The number of nitrogens with one attached hydrogen (secondary N) is 2. The van der Waals surface area contributed by atoms with Crippen LogP contribution in [0.1, 0.15) is 26.5 Å². The van der Waals surface area contributed by atoms with Crippen LogP contribution >= 0.6 is 11.3 Å². The average Bonchev–Trinajstić information content (AvgIpc) is 3.06. The van der Waals surface area contributed by atoms with Crippen LogP contribution in [0.25, 0.3) is 0 Å².